The first-order chi connectivity index (χ1) is 10.4. The Bertz CT molecular complexity index is 708. The Kier molecular flexibility index (Phi) is 3.97. The number of hydrogen-bond acceptors (Lipinski definition) is 2. The van der Waals surface area contributed by atoms with E-state index in [1.54, 1.807) is 7.11 Å². The number of rotatable bonds is 4. The standard InChI is InChI=1S/C19H17NO/c1-21-19-11-10-16(18-9-5-6-12-20-18)14-17(19)13-15-7-3-2-4-8-15/h2-12,14H,13H2,1H3. The highest BCUT2D eigenvalue weighted by Crippen LogP contribution is 2.27. The zero-order chi connectivity index (χ0) is 14.5. The van der Waals surface area contributed by atoms with Crippen LogP contribution in [0.1, 0.15) is 11.1 Å². The predicted octanol–water partition coefficient (Wildman–Crippen LogP) is 4.35. The summed E-state index contributed by atoms with van der Waals surface area (Å²) in [5.41, 5.74) is 4.54. The fourth-order valence-electron chi connectivity index (χ4n) is 2.43. The van der Waals surface area contributed by atoms with E-state index in [1.165, 1.54) is 11.1 Å². The number of ether oxygens (including phenoxy) is 1. The molecular formula is C19H17NO. The third-order valence-electron chi connectivity index (χ3n) is 3.48. The SMILES string of the molecule is COc1ccc(-c2ccccn2)cc1Cc1ccccc1. The molecule has 1 aromatic heterocycles. The van der Waals surface area contributed by atoms with E-state index in [4.69, 9.17) is 4.74 Å². The van der Waals surface area contributed by atoms with Crippen LogP contribution in [0.4, 0.5) is 0 Å². The largest absolute Gasteiger partial charge is 0.496 e. The van der Waals surface area contributed by atoms with Crippen LogP contribution in [0.25, 0.3) is 11.3 Å². The first-order valence-electron chi connectivity index (χ1n) is 6.99. The predicted molar refractivity (Wildman–Crippen MR) is 85.5 cm³/mol. The molecule has 1 heterocycles. The molecule has 2 heteroatoms. The molecule has 3 aromatic rings. The van der Waals surface area contributed by atoms with Gasteiger partial charge in [0.1, 0.15) is 5.75 Å². The second-order valence-electron chi connectivity index (χ2n) is 4.90. The van der Waals surface area contributed by atoms with Gasteiger partial charge in [-0.2, -0.15) is 0 Å². The minimum absolute atomic E-state index is 0.852. The second-order valence-corrected chi connectivity index (χ2v) is 4.90. The van der Waals surface area contributed by atoms with Crippen LogP contribution in [0, 0.1) is 0 Å². The highest BCUT2D eigenvalue weighted by molar-refractivity contribution is 5.62. The van der Waals surface area contributed by atoms with Gasteiger partial charge in [-0.3, -0.25) is 4.98 Å². The van der Waals surface area contributed by atoms with Crippen LogP contribution in [0.5, 0.6) is 5.75 Å². The molecule has 0 aliphatic carbocycles. The van der Waals surface area contributed by atoms with Crippen molar-refractivity contribution >= 4 is 0 Å². The van der Waals surface area contributed by atoms with Gasteiger partial charge in [-0.15, -0.1) is 0 Å². The molecule has 21 heavy (non-hydrogen) atoms. The quantitative estimate of drug-likeness (QED) is 0.706. The minimum atomic E-state index is 0.852. The van der Waals surface area contributed by atoms with Gasteiger partial charge in [0, 0.05) is 18.2 Å². The van der Waals surface area contributed by atoms with Crippen molar-refractivity contribution in [3.05, 3.63) is 84.1 Å². The summed E-state index contributed by atoms with van der Waals surface area (Å²) in [6.07, 6.45) is 2.67. The van der Waals surface area contributed by atoms with Gasteiger partial charge in [0.05, 0.1) is 12.8 Å². The van der Waals surface area contributed by atoms with Crippen LogP contribution in [0.15, 0.2) is 72.9 Å². The normalized spacial score (nSPS) is 10.3. The second kappa shape index (κ2) is 6.23. The lowest BCUT2D eigenvalue weighted by molar-refractivity contribution is 0.410. The van der Waals surface area contributed by atoms with Crippen LogP contribution >= 0.6 is 0 Å². The molecule has 0 fully saturated rings. The van der Waals surface area contributed by atoms with Crippen molar-refractivity contribution in [3.63, 3.8) is 0 Å². The summed E-state index contributed by atoms with van der Waals surface area (Å²) in [5.74, 6) is 0.915. The Balaban J connectivity index is 1.98. The Morgan fingerprint density at radius 3 is 2.43 bits per heavy atom. The van der Waals surface area contributed by atoms with Crippen molar-refractivity contribution in [2.75, 3.05) is 7.11 Å². The average Bonchev–Trinajstić information content (AvgIpc) is 2.56. The molecule has 0 amide bonds. The van der Waals surface area contributed by atoms with Crippen LogP contribution in [0.2, 0.25) is 0 Å². The smallest absolute Gasteiger partial charge is 0.122 e. The monoisotopic (exact) mass is 275 g/mol. The molecule has 0 aliphatic heterocycles. The highest BCUT2D eigenvalue weighted by Gasteiger charge is 2.07. The number of methoxy groups -OCH3 is 1. The maximum absolute atomic E-state index is 5.49. The number of aromatic nitrogens is 1. The Morgan fingerprint density at radius 1 is 0.905 bits per heavy atom. The van der Waals surface area contributed by atoms with E-state index in [2.05, 4.69) is 41.4 Å². The average molecular weight is 275 g/mol. The Hall–Kier alpha value is -2.61. The third kappa shape index (κ3) is 3.11. The van der Waals surface area contributed by atoms with Gasteiger partial charge >= 0.3 is 0 Å². The van der Waals surface area contributed by atoms with Crippen LogP contribution in [-0.4, -0.2) is 12.1 Å². The molecule has 0 atom stereocenters. The van der Waals surface area contributed by atoms with E-state index in [9.17, 15) is 0 Å². The lowest BCUT2D eigenvalue weighted by atomic mass is 10.0. The first-order valence-corrected chi connectivity index (χ1v) is 6.99. The summed E-state index contributed by atoms with van der Waals surface area (Å²) in [6, 6.07) is 22.6. The molecule has 2 aromatic carbocycles. The zero-order valence-corrected chi connectivity index (χ0v) is 12.0. The molecular weight excluding hydrogens is 258 g/mol. The number of hydrogen-bond donors (Lipinski definition) is 0. The van der Waals surface area contributed by atoms with Crippen molar-refractivity contribution < 1.29 is 4.74 Å². The highest BCUT2D eigenvalue weighted by atomic mass is 16.5. The summed E-state index contributed by atoms with van der Waals surface area (Å²) in [4.78, 5) is 4.41. The fourth-order valence-corrected chi connectivity index (χ4v) is 2.43. The number of nitrogens with zero attached hydrogens (tertiary/aromatic N) is 1. The van der Waals surface area contributed by atoms with Crippen LogP contribution < -0.4 is 4.74 Å². The summed E-state index contributed by atoms with van der Waals surface area (Å²) in [5, 5.41) is 0. The zero-order valence-electron chi connectivity index (χ0n) is 12.0. The minimum Gasteiger partial charge on any atom is -0.496 e. The van der Waals surface area contributed by atoms with Crippen LogP contribution in [-0.2, 0) is 6.42 Å². The topological polar surface area (TPSA) is 22.1 Å². The van der Waals surface area contributed by atoms with Gasteiger partial charge in [-0.25, -0.2) is 0 Å². The third-order valence-corrected chi connectivity index (χ3v) is 3.48. The molecule has 0 saturated carbocycles. The number of benzene rings is 2. The van der Waals surface area contributed by atoms with E-state index in [-0.39, 0.29) is 0 Å². The van der Waals surface area contributed by atoms with Crippen molar-refractivity contribution in [3.8, 4) is 17.0 Å². The summed E-state index contributed by atoms with van der Waals surface area (Å²) in [6.45, 7) is 0. The first kappa shape index (κ1) is 13.4. The van der Waals surface area contributed by atoms with E-state index < -0.39 is 0 Å². The van der Waals surface area contributed by atoms with Gasteiger partial charge in [0.2, 0.25) is 0 Å². The molecule has 0 bridgehead atoms. The lowest BCUT2D eigenvalue weighted by Crippen LogP contribution is -1.95. The van der Waals surface area contributed by atoms with Crippen LogP contribution in [0.3, 0.4) is 0 Å². The van der Waals surface area contributed by atoms with Gasteiger partial charge in [-0.1, -0.05) is 36.4 Å². The molecule has 0 spiro atoms. The molecule has 0 N–H and O–H groups in total. The van der Waals surface area contributed by atoms with Crippen molar-refractivity contribution in [1.29, 1.82) is 0 Å². The summed E-state index contributed by atoms with van der Waals surface area (Å²) in [7, 11) is 1.71. The van der Waals surface area contributed by atoms with Gasteiger partial charge in [-0.05, 0) is 41.5 Å². The van der Waals surface area contributed by atoms with E-state index in [1.807, 2.05) is 36.5 Å². The lowest BCUT2D eigenvalue weighted by Gasteiger charge is -2.11. The molecule has 104 valence electrons. The van der Waals surface area contributed by atoms with Gasteiger partial charge in [0.25, 0.3) is 0 Å². The Morgan fingerprint density at radius 2 is 1.71 bits per heavy atom. The van der Waals surface area contributed by atoms with E-state index in [0.29, 0.717) is 0 Å². The molecule has 0 unspecified atom stereocenters. The molecule has 3 rings (SSSR count). The van der Waals surface area contributed by atoms with Crippen molar-refractivity contribution in [1.82, 2.24) is 4.98 Å². The van der Waals surface area contributed by atoms with E-state index in [0.717, 1.165) is 23.4 Å². The fraction of sp³-hybridized carbons (Fsp3) is 0.105. The maximum atomic E-state index is 5.49. The molecule has 0 aliphatic rings. The van der Waals surface area contributed by atoms with Gasteiger partial charge < -0.3 is 4.74 Å². The number of pyridine rings is 1. The van der Waals surface area contributed by atoms with Gasteiger partial charge in [0.15, 0.2) is 0 Å². The van der Waals surface area contributed by atoms with Crippen molar-refractivity contribution in [2.24, 2.45) is 0 Å². The molecule has 0 saturated heterocycles. The molecule has 0 radical (unpaired) electrons. The van der Waals surface area contributed by atoms with Crippen molar-refractivity contribution in [2.45, 2.75) is 6.42 Å². The summed E-state index contributed by atoms with van der Waals surface area (Å²) < 4.78 is 5.49. The van der Waals surface area contributed by atoms with E-state index >= 15 is 0 Å². The molecule has 2 nitrogen and oxygen atoms in total. The maximum Gasteiger partial charge on any atom is 0.122 e. The Labute approximate surface area is 125 Å². The summed E-state index contributed by atoms with van der Waals surface area (Å²) >= 11 is 0.